The molecule has 0 fully saturated rings. The molecule has 1 aromatic rings. The number of nitrogens with one attached hydrogen (secondary N) is 2. The number of benzene rings is 1. The molecule has 4 nitrogen and oxygen atoms in total. The number of carbonyl (C=O) groups excluding carboxylic acids is 1. The van der Waals surface area contributed by atoms with E-state index in [0.717, 1.165) is 12.2 Å². The average molecular weight is 249 g/mol. The van der Waals surface area contributed by atoms with Gasteiger partial charge in [-0.25, -0.2) is 0 Å². The molecule has 4 heteroatoms. The van der Waals surface area contributed by atoms with Gasteiger partial charge >= 0.3 is 0 Å². The molecule has 0 atom stereocenters. The number of para-hydroxylation sites is 1. The van der Waals surface area contributed by atoms with Crippen LogP contribution >= 0.6 is 0 Å². The van der Waals surface area contributed by atoms with Gasteiger partial charge < -0.3 is 15.5 Å². The van der Waals surface area contributed by atoms with Crippen LogP contribution in [0.25, 0.3) is 0 Å². The van der Waals surface area contributed by atoms with Gasteiger partial charge in [0.2, 0.25) is 5.91 Å². The van der Waals surface area contributed by atoms with Crippen LogP contribution in [-0.2, 0) is 4.79 Å². The van der Waals surface area contributed by atoms with Gasteiger partial charge in [0.1, 0.15) is 0 Å². The van der Waals surface area contributed by atoms with Gasteiger partial charge in [-0.15, -0.1) is 0 Å². The van der Waals surface area contributed by atoms with E-state index in [0.29, 0.717) is 19.1 Å². The summed E-state index contributed by atoms with van der Waals surface area (Å²) in [7, 11) is 2.05. The minimum atomic E-state index is 0.0241. The Morgan fingerprint density at radius 2 is 1.94 bits per heavy atom. The van der Waals surface area contributed by atoms with E-state index in [1.54, 1.807) is 0 Å². The third kappa shape index (κ3) is 5.68. The second-order valence-corrected chi connectivity index (χ2v) is 4.64. The van der Waals surface area contributed by atoms with Crippen molar-refractivity contribution in [2.45, 2.75) is 19.9 Å². The normalized spacial score (nSPS) is 10.7. The zero-order valence-electron chi connectivity index (χ0n) is 11.4. The number of anilines is 1. The third-order valence-corrected chi connectivity index (χ3v) is 2.90. The summed E-state index contributed by atoms with van der Waals surface area (Å²) in [5.41, 5.74) is 0.965. The molecule has 18 heavy (non-hydrogen) atoms. The minimum absolute atomic E-state index is 0.0241. The van der Waals surface area contributed by atoms with Gasteiger partial charge in [-0.3, -0.25) is 4.79 Å². The lowest BCUT2D eigenvalue weighted by Crippen LogP contribution is -2.38. The summed E-state index contributed by atoms with van der Waals surface area (Å²) in [4.78, 5) is 13.8. The maximum absolute atomic E-state index is 11.6. The van der Waals surface area contributed by atoms with Gasteiger partial charge in [0, 0.05) is 24.8 Å². The van der Waals surface area contributed by atoms with Crippen LogP contribution in [0.15, 0.2) is 30.3 Å². The van der Waals surface area contributed by atoms with E-state index >= 15 is 0 Å². The maximum Gasteiger partial charge on any atom is 0.239 e. The van der Waals surface area contributed by atoms with Gasteiger partial charge in [0.25, 0.3) is 0 Å². The molecule has 1 aromatic carbocycles. The van der Waals surface area contributed by atoms with E-state index in [4.69, 9.17) is 0 Å². The molecule has 0 spiro atoms. The lowest BCUT2D eigenvalue weighted by molar-refractivity contribution is -0.119. The number of likely N-dealkylation sites (N-methyl/N-ethyl adjacent to an activating group) is 1. The first-order valence-corrected chi connectivity index (χ1v) is 6.35. The highest BCUT2D eigenvalue weighted by atomic mass is 16.1. The average Bonchev–Trinajstić information content (AvgIpc) is 2.37. The standard InChI is InChI=1S/C14H23N3O/c1-12(2)17(3)10-9-15-14(18)11-16-13-7-5-4-6-8-13/h4-8,12,16H,9-11H2,1-3H3,(H,15,18). The summed E-state index contributed by atoms with van der Waals surface area (Å²) >= 11 is 0. The minimum Gasteiger partial charge on any atom is -0.376 e. The summed E-state index contributed by atoms with van der Waals surface area (Å²) in [6, 6.07) is 10.2. The van der Waals surface area contributed by atoms with E-state index in [-0.39, 0.29) is 5.91 Å². The molecule has 0 radical (unpaired) electrons. The van der Waals surface area contributed by atoms with Crippen molar-refractivity contribution in [1.82, 2.24) is 10.2 Å². The fourth-order valence-electron chi connectivity index (χ4n) is 1.43. The van der Waals surface area contributed by atoms with Crippen LogP contribution in [0, 0.1) is 0 Å². The fourth-order valence-corrected chi connectivity index (χ4v) is 1.43. The monoisotopic (exact) mass is 249 g/mol. The van der Waals surface area contributed by atoms with Crippen LogP contribution in [-0.4, -0.2) is 43.5 Å². The second-order valence-electron chi connectivity index (χ2n) is 4.64. The van der Waals surface area contributed by atoms with Crippen LogP contribution in [0.3, 0.4) is 0 Å². The Bertz CT molecular complexity index is 351. The molecule has 0 aliphatic rings. The SMILES string of the molecule is CC(C)N(C)CCNC(=O)CNc1ccccc1. The molecule has 0 aliphatic carbocycles. The van der Waals surface area contributed by atoms with Gasteiger partial charge in [0.15, 0.2) is 0 Å². The second kappa shape index (κ2) is 7.71. The number of amides is 1. The Morgan fingerprint density at radius 1 is 1.28 bits per heavy atom. The van der Waals surface area contributed by atoms with Crippen LogP contribution in [0.5, 0.6) is 0 Å². The molecule has 0 bridgehead atoms. The molecule has 0 aromatic heterocycles. The van der Waals surface area contributed by atoms with E-state index in [1.165, 1.54) is 0 Å². The number of hydrogen-bond acceptors (Lipinski definition) is 3. The summed E-state index contributed by atoms with van der Waals surface area (Å²) in [6.45, 7) is 6.14. The highest BCUT2D eigenvalue weighted by molar-refractivity contribution is 5.80. The van der Waals surface area contributed by atoms with Crippen molar-refractivity contribution < 1.29 is 4.79 Å². The third-order valence-electron chi connectivity index (χ3n) is 2.90. The summed E-state index contributed by atoms with van der Waals surface area (Å²) in [6.07, 6.45) is 0. The molecule has 0 aliphatic heterocycles. The summed E-state index contributed by atoms with van der Waals surface area (Å²) < 4.78 is 0. The van der Waals surface area contributed by atoms with Crippen molar-refractivity contribution in [3.63, 3.8) is 0 Å². The molecule has 100 valence electrons. The Labute approximate surface area is 109 Å². The smallest absolute Gasteiger partial charge is 0.239 e. The Balaban J connectivity index is 2.15. The Kier molecular flexibility index (Phi) is 6.22. The van der Waals surface area contributed by atoms with Gasteiger partial charge in [-0.2, -0.15) is 0 Å². The van der Waals surface area contributed by atoms with E-state index in [2.05, 4.69) is 36.4 Å². The lowest BCUT2D eigenvalue weighted by Gasteiger charge is -2.20. The molecule has 0 heterocycles. The highest BCUT2D eigenvalue weighted by Gasteiger charge is 2.04. The first kappa shape index (κ1) is 14.5. The van der Waals surface area contributed by atoms with Crippen LogP contribution in [0.4, 0.5) is 5.69 Å². The molecule has 1 rings (SSSR count). The molecular formula is C14H23N3O. The van der Waals surface area contributed by atoms with Crippen molar-refractivity contribution in [1.29, 1.82) is 0 Å². The van der Waals surface area contributed by atoms with Crippen molar-refractivity contribution in [3.8, 4) is 0 Å². The Morgan fingerprint density at radius 3 is 2.56 bits per heavy atom. The van der Waals surface area contributed by atoms with Crippen molar-refractivity contribution in [2.75, 3.05) is 32.0 Å². The lowest BCUT2D eigenvalue weighted by atomic mass is 10.3. The van der Waals surface area contributed by atoms with Crippen molar-refractivity contribution >= 4 is 11.6 Å². The maximum atomic E-state index is 11.6. The van der Waals surface area contributed by atoms with E-state index < -0.39 is 0 Å². The predicted octanol–water partition coefficient (Wildman–Crippen LogP) is 1.55. The van der Waals surface area contributed by atoms with Crippen molar-refractivity contribution in [3.05, 3.63) is 30.3 Å². The first-order valence-electron chi connectivity index (χ1n) is 6.35. The zero-order chi connectivity index (χ0) is 13.4. The molecule has 2 N–H and O–H groups in total. The van der Waals surface area contributed by atoms with Gasteiger partial charge in [-0.05, 0) is 33.0 Å². The summed E-state index contributed by atoms with van der Waals surface area (Å²) in [5, 5.41) is 5.98. The molecule has 0 saturated heterocycles. The zero-order valence-corrected chi connectivity index (χ0v) is 11.4. The number of carbonyl (C=O) groups is 1. The largest absolute Gasteiger partial charge is 0.376 e. The molecular weight excluding hydrogens is 226 g/mol. The number of nitrogens with zero attached hydrogens (tertiary/aromatic N) is 1. The number of hydrogen-bond donors (Lipinski definition) is 2. The number of rotatable bonds is 7. The van der Waals surface area contributed by atoms with Crippen molar-refractivity contribution in [2.24, 2.45) is 0 Å². The highest BCUT2D eigenvalue weighted by Crippen LogP contribution is 2.03. The van der Waals surface area contributed by atoms with Gasteiger partial charge in [0.05, 0.1) is 6.54 Å². The summed E-state index contributed by atoms with van der Waals surface area (Å²) in [5.74, 6) is 0.0241. The fraction of sp³-hybridized carbons (Fsp3) is 0.500. The van der Waals surface area contributed by atoms with E-state index in [1.807, 2.05) is 30.3 Å². The molecule has 1 amide bonds. The first-order chi connectivity index (χ1) is 8.59. The van der Waals surface area contributed by atoms with Crippen LogP contribution in [0.1, 0.15) is 13.8 Å². The molecule has 0 saturated carbocycles. The van der Waals surface area contributed by atoms with Gasteiger partial charge in [-0.1, -0.05) is 18.2 Å². The predicted molar refractivity (Wildman–Crippen MR) is 75.7 cm³/mol. The van der Waals surface area contributed by atoms with E-state index in [9.17, 15) is 4.79 Å². The topological polar surface area (TPSA) is 44.4 Å². The quantitative estimate of drug-likeness (QED) is 0.770. The Hall–Kier alpha value is -1.55. The van der Waals surface area contributed by atoms with Crippen LogP contribution < -0.4 is 10.6 Å². The molecule has 0 unspecified atom stereocenters. The van der Waals surface area contributed by atoms with Crippen LogP contribution in [0.2, 0.25) is 0 Å².